The second-order valence-electron chi connectivity index (χ2n) is 14.6. The molecule has 0 aromatic carbocycles. The zero-order valence-corrected chi connectivity index (χ0v) is 36.4. The van der Waals surface area contributed by atoms with E-state index in [-0.39, 0.29) is 60.4 Å². The molecule has 61 heavy (non-hydrogen) atoms. The molecule has 0 unspecified atom stereocenters. The van der Waals surface area contributed by atoms with Gasteiger partial charge in [0, 0.05) is 23.5 Å². The summed E-state index contributed by atoms with van der Waals surface area (Å²) in [5, 5.41) is 45.4. The van der Waals surface area contributed by atoms with Gasteiger partial charge in [0.15, 0.2) is 18.9 Å². The maximum absolute atomic E-state index is 13.2. The van der Waals surface area contributed by atoms with Crippen LogP contribution in [-0.2, 0) is 41.4 Å². The Morgan fingerprint density at radius 2 is 1.18 bits per heavy atom. The number of hydrogen-bond donors (Lipinski definition) is 9. The first-order chi connectivity index (χ1) is 28.8. The van der Waals surface area contributed by atoms with E-state index in [0.717, 1.165) is 4.90 Å². The van der Waals surface area contributed by atoms with Crippen LogP contribution >= 0.6 is 15.2 Å². The molecule has 0 spiro atoms. The monoisotopic (exact) mass is 904 g/mol. The van der Waals surface area contributed by atoms with Crippen LogP contribution < -0.4 is 16.4 Å². The van der Waals surface area contributed by atoms with E-state index in [1.165, 1.54) is 25.0 Å². The van der Waals surface area contributed by atoms with Crippen molar-refractivity contribution in [3.05, 3.63) is 56.9 Å². The Labute approximate surface area is 348 Å². The van der Waals surface area contributed by atoms with Crippen molar-refractivity contribution in [1.82, 2.24) is 40.1 Å². The highest BCUT2D eigenvalue weighted by Gasteiger charge is 2.54. The minimum atomic E-state index is -3.70. The summed E-state index contributed by atoms with van der Waals surface area (Å²) < 4.78 is 62.7. The summed E-state index contributed by atoms with van der Waals surface area (Å²) in [4.78, 5) is 56.9. The molecule has 0 saturated carbocycles. The molecule has 24 nitrogen and oxygen atoms in total. The molecule has 4 aromatic heterocycles. The standard InChI is InChI=1S/C20H31N4O9P.C15H23N4O7P/c1-6-31-34(29,32-7-2)10-30-18-16(26)15(25)14(24(18)19(28)33-20(3,4)5)11-8-21-13-12(11)22-9-23-17(13)27;1-3-25-27(23,26-4-2)7-24-15-13(21)12(20)10(19-15)8-5-16-11-9(8)17-6-18-14(11)22/h8-9,14-16,18,21,25-26H,6-7,10H2,1-5H3,(H,22,23,27);5-6,10,12-13,15-16,19-21H,3-4,7H2,1-2H3,(H,17,18,22)/t14-,15-,16-,18+;10-,12-,13-,15+/m00/s1. The van der Waals surface area contributed by atoms with Gasteiger partial charge >= 0.3 is 21.3 Å². The molecular formula is C35H54N8O16P2. The molecule has 2 aliphatic heterocycles. The number of aromatic nitrogens is 6. The van der Waals surface area contributed by atoms with Crippen molar-refractivity contribution >= 4 is 43.4 Å². The number of rotatable bonds is 16. The van der Waals surface area contributed by atoms with Gasteiger partial charge in [-0.05, 0) is 48.5 Å². The lowest BCUT2D eigenvalue weighted by Crippen LogP contribution is -2.45. The number of likely N-dealkylation sites (tertiary alicyclic amines) is 1. The third-order valence-corrected chi connectivity index (χ3v) is 12.8. The number of aliphatic hydroxyl groups is 4. The molecule has 1 amide bonds. The molecule has 4 aromatic rings. The molecule has 6 heterocycles. The van der Waals surface area contributed by atoms with Gasteiger partial charge < -0.3 is 72.7 Å². The first-order valence-electron chi connectivity index (χ1n) is 19.4. The fourth-order valence-electron chi connectivity index (χ4n) is 6.81. The number of amides is 1. The maximum atomic E-state index is 13.2. The first kappa shape index (κ1) is 48.2. The van der Waals surface area contributed by atoms with Gasteiger partial charge in [-0.15, -0.1) is 0 Å². The summed E-state index contributed by atoms with van der Waals surface area (Å²) in [6, 6.07) is -1.94. The number of hydrogen-bond acceptors (Lipinski definition) is 19. The molecule has 8 atom stereocenters. The Morgan fingerprint density at radius 1 is 0.705 bits per heavy atom. The minimum Gasteiger partial charge on any atom is -0.444 e. The van der Waals surface area contributed by atoms with Crippen LogP contribution in [0.15, 0.2) is 34.6 Å². The highest BCUT2D eigenvalue weighted by atomic mass is 31.2. The topological polar surface area (TPSA) is 335 Å². The molecule has 0 radical (unpaired) electrons. The maximum Gasteiger partial charge on any atom is 0.413 e. The summed E-state index contributed by atoms with van der Waals surface area (Å²) in [6.07, 6.45) is -4.62. The summed E-state index contributed by atoms with van der Waals surface area (Å²) in [5.74, 6) is 0. The van der Waals surface area contributed by atoms with Gasteiger partial charge in [-0.25, -0.2) is 14.8 Å². The second kappa shape index (κ2) is 20.1. The molecule has 26 heteroatoms. The van der Waals surface area contributed by atoms with Gasteiger partial charge in [0.1, 0.15) is 58.3 Å². The summed E-state index contributed by atoms with van der Waals surface area (Å²) >= 11 is 0. The van der Waals surface area contributed by atoms with E-state index in [1.807, 2.05) is 0 Å². The summed E-state index contributed by atoms with van der Waals surface area (Å²) in [7, 11) is -7.16. The molecule has 2 saturated heterocycles. The quantitative estimate of drug-likeness (QED) is 0.0726. The van der Waals surface area contributed by atoms with Crippen LogP contribution in [0, 0.1) is 0 Å². The molecule has 6 rings (SSSR count). The van der Waals surface area contributed by atoms with Crippen molar-refractivity contribution in [2.75, 3.05) is 39.1 Å². The summed E-state index contributed by atoms with van der Waals surface area (Å²) in [5.41, 5.74) is 0.0285. The van der Waals surface area contributed by atoms with E-state index >= 15 is 0 Å². The highest BCUT2D eigenvalue weighted by molar-refractivity contribution is 7.53. The molecular weight excluding hydrogens is 850 g/mol. The second-order valence-corrected chi connectivity index (χ2v) is 18.6. The third-order valence-electron chi connectivity index (χ3n) is 9.26. The number of fused-ring (bicyclic) bond motifs is 2. The van der Waals surface area contributed by atoms with Crippen molar-refractivity contribution < 1.29 is 66.7 Å². The molecule has 2 fully saturated rings. The third kappa shape index (κ3) is 10.8. The van der Waals surface area contributed by atoms with Crippen molar-refractivity contribution in [2.24, 2.45) is 0 Å². The van der Waals surface area contributed by atoms with Crippen LogP contribution in [0.4, 0.5) is 4.79 Å². The highest BCUT2D eigenvalue weighted by Crippen LogP contribution is 2.50. The van der Waals surface area contributed by atoms with Crippen LogP contribution in [0.3, 0.4) is 0 Å². The summed E-state index contributed by atoms with van der Waals surface area (Å²) in [6.45, 7) is 12.1. The molecule has 0 bridgehead atoms. The predicted octanol–water partition coefficient (Wildman–Crippen LogP) is 2.01. The zero-order valence-electron chi connectivity index (χ0n) is 34.6. The smallest absolute Gasteiger partial charge is 0.413 e. The lowest BCUT2D eigenvalue weighted by atomic mass is 10.0. The van der Waals surface area contributed by atoms with Crippen LogP contribution in [-0.4, -0.2) is 143 Å². The van der Waals surface area contributed by atoms with E-state index < -0.39 is 87.7 Å². The van der Waals surface area contributed by atoms with Gasteiger partial charge in [0.2, 0.25) is 0 Å². The first-order valence-corrected chi connectivity index (χ1v) is 22.9. The largest absolute Gasteiger partial charge is 0.444 e. The van der Waals surface area contributed by atoms with Crippen molar-refractivity contribution in [3.63, 3.8) is 0 Å². The Hall–Kier alpha value is -3.87. The van der Waals surface area contributed by atoms with E-state index in [1.54, 1.807) is 48.5 Å². The van der Waals surface area contributed by atoms with E-state index in [4.69, 9.17) is 32.3 Å². The number of nitrogens with zero attached hydrogens (tertiary/aromatic N) is 3. The van der Waals surface area contributed by atoms with E-state index in [0.29, 0.717) is 11.1 Å². The van der Waals surface area contributed by atoms with Crippen molar-refractivity contribution in [2.45, 2.75) is 103 Å². The predicted molar refractivity (Wildman–Crippen MR) is 215 cm³/mol. The fraction of sp³-hybridized carbons (Fsp3) is 0.629. The van der Waals surface area contributed by atoms with Crippen LogP contribution in [0.25, 0.3) is 22.1 Å². The Morgan fingerprint density at radius 3 is 1.67 bits per heavy atom. The van der Waals surface area contributed by atoms with Gasteiger partial charge in [-0.3, -0.25) is 28.9 Å². The van der Waals surface area contributed by atoms with Crippen LogP contribution in [0.2, 0.25) is 0 Å². The Kier molecular flexibility index (Phi) is 15.9. The number of carbonyl (C=O) groups is 1. The number of carbonyl (C=O) groups excluding carboxylic acids is 1. The Bertz CT molecular complexity index is 2290. The lowest BCUT2D eigenvalue weighted by molar-refractivity contribution is -0.0926. The molecule has 2 aliphatic rings. The average molecular weight is 905 g/mol. The molecule has 340 valence electrons. The number of ether oxygens (including phenoxy) is 3. The minimum absolute atomic E-state index is 0.0877. The van der Waals surface area contributed by atoms with Gasteiger partial charge in [0.05, 0.1) is 51.2 Å². The fourth-order valence-corrected chi connectivity index (χ4v) is 9.51. The lowest BCUT2D eigenvalue weighted by Gasteiger charge is -2.32. The van der Waals surface area contributed by atoms with Crippen LogP contribution in [0.5, 0.6) is 0 Å². The normalized spacial score (nSPS) is 24.7. The number of H-pyrrole nitrogens is 4. The SMILES string of the molecule is CCOP(=O)(CO[C@@H]1[C@@H](O)[C@@H](O)[C@H](c2c[nH]c3c(=O)[nH]cnc23)N1C(=O)OC(C)(C)C)OCC.CCOP(=O)(CO[C@H]1N[C@@H](c2c[nH]c3c(=O)[nH]cnc23)[C@H](O)[C@@H]1O)OCC. The van der Waals surface area contributed by atoms with Gasteiger partial charge in [-0.1, -0.05) is 0 Å². The average Bonchev–Trinajstić information content (AvgIpc) is 3.94. The Balaban J connectivity index is 0.000000237. The van der Waals surface area contributed by atoms with Crippen molar-refractivity contribution in [1.29, 1.82) is 0 Å². The van der Waals surface area contributed by atoms with Gasteiger partial charge in [-0.2, -0.15) is 0 Å². The number of aromatic amines is 4. The number of nitrogens with one attached hydrogen (secondary N) is 5. The van der Waals surface area contributed by atoms with Crippen molar-refractivity contribution in [3.8, 4) is 0 Å². The molecule has 9 N–H and O–H groups in total. The van der Waals surface area contributed by atoms with Crippen LogP contribution in [0.1, 0.15) is 71.7 Å². The zero-order chi connectivity index (χ0) is 44.9. The molecule has 0 aliphatic carbocycles. The number of aliphatic hydroxyl groups excluding tert-OH is 4. The van der Waals surface area contributed by atoms with Gasteiger partial charge in [0.25, 0.3) is 11.1 Å². The van der Waals surface area contributed by atoms with E-state index in [2.05, 4.69) is 35.2 Å². The van der Waals surface area contributed by atoms with E-state index in [9.17, 15) is 43.9 Å².